The average molecular weight is 195 g/mol. The molecule has 0 saturated heterocycles. The van der Waals surface area contributed by atoms with Crippen molar-refractivity contribution in [3.8, 4) is 17.6 Å². The fourth-order valence-electron chi connectivity index (χ4n) is 0.969. The van der Waals surface area contributed by atoms with Crippen LogP contribution < -0.4 is 9.47 Å². The minimum atomic E-state index is 0.452. The Morgan fingerprint density at radius 3 is 2.31 bits per heavy atom. The van der Waals surface area contributed by atoms with Gasteiger partial charge in [0.05, 0.1) is 19.8 Å². The van der Waals surface area contributed by atoms with Gasteiger partial charge in [-0.2, -0.15) is 5.26 Å². The van der Waals surface area contributed by atoms with E-state index in [1.807, 2.05) is 6.07 Å². The summed E-state index contributed by atoms with van der Waals surface area (Å²) in [5.41, 5.74) is 0.452. The van der Waals surface area contributed by atoms with Gasteiger partial charge >= 0.3 is 0 Å². The largest absolute Gasteiger partial charge is 0.495 e. The zero-order valence-corrected chi connectivity index (χ0v) is 8.26. The molecule has 13 heavy (non-hydrogen) atoms. The van der Waals surface area contributed by atoms with Gasteiger partial charge in [0.1, 0.15) is 17.6 Å². The van der Waals surface area contributed by atoms with Gasteiger partial charge in [-0.05, 0) is 6.07 Å². The molecule has 0 spiro atoms. The molecule has 0 fully saturated rings. The molecule has 0 aliphatic carbocycles. The molecule has 0 aliphatic heterocycles. The van der Waals surface area contributed by atoms with E-state index in [2.05, 4.69) is 12.6 Å². The van der Waals surface area contributed by atoms with E-state index in [4.69, 9.17) is 14.7 Å². The Balaban J connectivity index is 3.28. The number of methoxy groups -OCH3 is 2. The molecule has 0 heterocycles. The summed E-state index contributed by atoms with van der Waals surface area (Å²) in [4.78, 5) is 0.625. The summed E-state index contributed by atoms with van der Waals surface area (Å²) in [5, 5.41) is 8.73. The molecular weight excluding hydrogens is 186 g/mol. The molecule has 0 amide bonds. The number of nitrogens with zero attached hydrogens (tertiary/aromatic N) is 1. The number of rotatable bonds is 2. The van der Waals surface area contributed by atoms with Crippen molar-refractivity contribution < 1.29 is 9.47 Å². The van der Waals surface area contributed by atoms with Crippen LogP contribution in [-0.4, -0.2) is 14.2 Å². The summed E-state index contributed by atoms with van der Waals surface area (Å²) in [7, 11) is 3.05. The number of hydrogen-bond donors (Lipinski definition) is 1. The number of nitriles is 1. The SMILES string of the molecule is COc1cc(OC)c(C#N)cc1S. The van der Waals surface area contributed by atoms with E-state index >= 15 is 0 Å². The molecule has 0 radical (unpaired) electrons. The number of benzene rings is 1. The van der Waals surface area contributed by atoms with Crippen LogP contribution in [-0.2, 0) is 0 Å². The van der Waals surface area contributed by atoms with Crippen LogP contribution in [0.4, 0.5) is 0 Å². The second-order valence-corrected chi connectivity index (χ2v) is 2.82. The third-order valence-electron chi connectivity index (χ3n) is 1.62. The van der Waals surface area contributed by atoms with Crippen LogP contribution in [0.15, 0.2) is 17.0 Å². The Morgan fingerprint density at radius 1 is 1.23 bits per heavy atom. The zero-order valence-electron chi connectivity index (χ0n) is 7.37. The average Bonchev–Trinajstić information content (AvgIpc) is 2.17. The molecule has 0 unspecified atom stereocenters. The smallest absolute Gasteiger partial charge is 0.140 e. The van der Waals surface area contributed by atoms with E-state index < -0.39 is 0 Å². The van der Waals surface area contributed by atoms with Gasteiger partial charge < -0.3 is 9.47 Å². The maximum Gasteiger partial charge on any atom is 0.140 e. The molecule has 0 aromatic heterocycles. The molecule has 0 N–H and O–H groups in total. The molecule has 1 rings (SSSR count). The highest BCUT2D eigenvalue weighted by Gasteiger charge is 2.07. The molecule has 0 aliphatic rings. The fourth-order valence-corrected chi connectivity index (χ4v) is 1.25. The first-order valence-electron chi connectivity index (χ1n) is 3.58. The normalized spacial score (nSPS) is 9.08. The third-order valence-corrected chi connectivity index (χ3v) is 1.97. The van der Waals surface area contributed by atoms with Crippen LogP contribution in [0, 0.1) is 11.3 Å². The van der Waals surface area contributed by atoms with Crippen molar-refractivity contribution in [2.45, 2.75) is 4.90 Å². The van der Waals surface area contributed by atoms with Crippen molar-refractivity contribution in [2.75, 3.05) is 14.2 Å². The molecule has 3 nitrogen and oxygen atoms in total. The first kappa shape index (κ1) is 9.75. The van der Waals surface area contributed by atoms with Gasteiger partial charge in [0.25, 0.3) is 0 Å². The monoisotopic (exact) mass is 195 g/mol. The molecule has 0 saturated carbocycles. The summed E-state index contributed by atoms with van der Waals surface area (Å²) in [6, 6.07) is 5.26. The van der Waals surface area contributed by atoms with Crippen LogP contribution in [0.3, 0.4) is 0 Å². The van der Waals surface area contributed by atoms with Crippen LogP contribution >= 0.6 is 12.6 Å². The van der Waals surface area contributed by atoms with E-state index in [0.717, 1.165) is 0 Å². The topological polar surface area (TPSA) is 42.2 Å². The van der Waals surface area contributed by atoms with Crippen molar-refractivity contribution in [2.24, 2.45) is 0 Å². The predicted octanol–water partition coefficient (Wildman–Crippen LogP) is 1.86. The van der Waals surface area contributed by atoms with Gasteiger partial charge in [0, 0.05) is 11.0 Å². The van der Waals surface area contributed by atoms with Crippen molar-refractivity contribution >= 4 is 12.6 Å². The van der Waals surface area contributed by atoms with Gasteiger partial charge in [-0.1, -0.05) is 0 Å². The lowest BCUT2D eigenvalue weighted by molar-refractivity contribution is 0.387. The lowest BCUT2D eigenvalue weighted by atomic mass is 10.2. The Labute approximate surface area is 82.3 Å². The van der Waals surface area contributed by atoms with Crippen molar-refractivity contribution in [1.29, 1.82) is 5.26 Å². The summed E-state index contributed by atoms with van der Waals surface area (Å²) in [6.07, 6.45) is 0. The summed E-state index contributed by atoms with van der Waals surface area (Å²) in [6.45, 7) is 0. The molecule has 0 atom stereocenters. The van der Waals surface area contributed by atoms with Gasteiger partial charge in [-0.15, -0.1) is 12.6 Å². The van der Waals surface area contributed by atoms with Crippen molar-refractivity contribution in [3.05, 3.63) is 17.7 Å². The lowest BCUT2D eigenvalue weighted by Gasteiger charge is -2.07. The van der Waals surface area contributed by atoms with Gasteiger partial charge in [0.2, 0.25) is 0 Å². The second-order valence-electron chi connectivity index (χ2n) is 2.34. The van der Waals surface area contributed by atoms with Gasteiger partial charge in [-0.3, -0.25) is 0 Å². The first-order chi connectivity index (χ1) is 6.22. The summed E-state index contributed by atoms with van der Waals surface area (Å²) < 4.78 is 10.0. The van der Waals surface area contributed by atoms with E-state index in [1.165, 1.54) is 7.11 Å². The maximum absolute atomic E-state index is 8.73. The summed E-state index contributed by atoms with van der Waals surface area (Å²) in [5.74, 6) is 1.09. The second kappa shape index (κ2) is 4.06. The molecule has 1 aromatic rings. The number of thiol groups is 1. The van der Waals surface area contributed by atoms with Crippen LogP contribution in [0.5, 0.6) is 11.5 Å². The Morgan fingerprint density at radius 2 is 1.85 bits per heavy atom. The maximum atomic E-state index is 8.73. The predicted molar refractivity (Wildman–Crippen MR) is 51.5 cm³/mol. The highest BCUT2D eigenvalue weighted by Crippen LogP contribution is 2.30. The number of ether oxygens (including phenoxy) is 2. The van der Waals surface area contributed by atoms with Crippen molar-refractivity contribution in [1.82, 2.24) is 0 Å². The van der Waals surface area contributed by atoms with E-state index in [0.29, 0.717) is 22.0 Å². The third kappa shape index (κ3) is 1.87. The molecule has 4 heteroatoms. The lowest BCUT2D eigenvalue weighted by Crippen LogP contribution is -1.91. The molecule has 1 aromatic carbocycles. The Kier molecular flexibility index (Phi) is 3.04. The van der Waals surface area contributed by atoms with Crippen LogP contribution in [0.1, 0.15) is 5.56 Å². The standard InChI is InChI=1S/C9H9NO2S/c1-11-7-4-8(12-2)9(13)3-6(7)5-10/h3-4,13H,1-2H3. The van der Waals surface area contributed by atoms with Gasteiger partial charge in [-0.25, -0.2) is 0 Å². The molecular formula is C9H9NO2S. The van der Waals surface area contributed by atoms with E-state index in [-0.39, 0.29) is 0 Å². The minimum absolute atomic E-state index is 0.452. The van der Waals surface area contributed by atoms with E-state index in [1.54, 1.807) is 19.2 Å². The van der Waals surface area contributed by atoms with Crippen LogP contribution in [0.25, 0.3) is 0 Å². The van der Waals surface area contributed by atoms with Crippen LogP contribution in [0.2, 0.25) is 0 Å². The zero-order chi connectivity index (χ0) is 9.84. The van der Waals surface area contributed by atoms with Crippen molar-refractivity contribution in [3.63, 3.8) is 0 Å². The summed E-state index contributed by atoms with van der Waals surface area (Å²) >= 11 is 4.16. The first-order valence-corrected chi connectivity index (χ1v) is 4.02. The Hall–Kier alpha value is -1.34. The number of hydrogen-bond acceptors (Lipinski definition) is 4. The molecule has 0 bridgehead atoms. The minimum Gasteiger partial charge on any atom is -0.495 e. The highest BCUT2D eigenvalue weighted by molar-refractivity contribution is 7.80. The molecule has 68 valence electrons. The van der Waals surface area contributed by atoms with Gasteiger partial charge in [0.15, 0.2) is 0 Å². The van der Waals surface area contributed by atoms with E-state index in [9.17, 15) is 0 Å². The quantitative estimate of drug-likeness (QED) is 0.732. The Bertz CT molecular complexity index is 357. The highest BCUT2D eigenvalue weighted by atomic mass is 32.1. The fraction of sp³-hybridized carbons (Fsp3) is 0.222.